The van der Waals surface area contributed by atoms with E-state index in [-0.39, 0.29) is 5.97 Å². The van der Waals surface area contributed by atoms with Gasteiger partial charge in [-0.25, -0.2) is 9.59 Å². The normalized spacial score (nSPS) is 16.8. The van der Waals surface area contributed by atoms with Crippen molar-refractivity contribution in [1.82, 2.24) is 0 Å². The van der Waals surface area contributed by atoms with Gasteiger partial charge in [-0.15, -0.1) is 0 Å². The lowest BCUT2D eigenvalue weighted by atomic mass is 9.88. The van der Waals surface area contributed by atoms with Crippen LogP contribution in [0.15, 0.2) is 72.1 Å². The van der Waals surface area contributed by atoms with E-state index in [1.165, 1.54) is 28.9 Å². The van der Waals surface area contributed by atoms with Crippen LogP contribution in [-0.4, -0.2) is 18.5 Å². The summed E-state index contributed by atoms with van der Waals surface area (Å²) in [6, 6.07) is 0. The van der Waals surface area contributed by atoms with E-state index in [0.29, 0.717) is 12.4 Å². The fourth-order valence-corrected chi connectivity index (χ4v) is 2.64. The Kier molecular flexibility index (Phi) is 6.55. The molecule has 0 radical (unpaired) electrons. The van der Waals surface area contributed by atoms with Crippen LogP contribution < -0.4 is 0 Å². The molecular formula is C20H22O4. The van der Waals surface area contributed by atoms with Crippen LogP contribution in [0.3, 0.4) is 0 Å². The van der Waals surface area contributed by atoms with Gasteiger partial charge in [-0.2, -0.15) is 0 Å². The minimum Gasteiger partial charge on any atom is -0.462 e. The molecule has 4 heteroatoms. The number of carbonyl (C=O) groups excluding carboxylic acids is 2. The van der Waals surface area contributed by atoms with Crippen LogP contribution in [0.25, 0.3) is 0 Å². The zero-order valence-corrected chi connectivity index (χ0v) is 13.8. The summed E-state index contributed by atoms with van der Waals surface area (Å²) < 4.78 is 10.1. The number of ether oxygens (including phenoxy) is 2. The zero-order valence-electron chi connectivity index (χ0n) is 13.8. The summed E-state index contributed by atoms with van der Waals surface area (Å²) in [5, 5.41) is 0. The second-order valence-corrected chi connectivity index (χ2v) is 5.59. The molecule has 0 heterocycles. The highest BCUT2D eigenvalue weighted by atomic mass is 16.5. The Hall–Kier alpha value is -2.62. The summed E-state index contributed by atoms with van der Waals surface area (Å²) in [5.74, 6) is -0.116. The average Bonchev–Trinajstić information content (AvgIpc) is 2.62. The summed E-state index contributed by atoms with van der Waals surface area (Å²) in [4.78, 5) is 22.2. The van der Waals surface area contributed by atoms with E-state index in [0.717, 1.165) is 32.1 Å². The highest BCUT2D eigenvalue weighted by molar-refractivity contribution is 5.82. The van der Waals surface area contributed by atoms with E-state index < -0.39 is 5.97 Å². The number of hydrogen-bond acceptors (Lipinski definition) is 4. The fraction of sp³-hybridized carbons (Fsp3) is 0.300. The van der Waals surface area contributed by atoms with Crippen molar-refractivity contribution in [2.75, 3.05) is 6.61 Å². The lowest BCUT2D eigenvalue weighted by Crippen LogP contribution is -2.06. The Morgan fingerprint density at radius 3 is 2.12 bits per heavy atom. The van der Waals surface area contributed by atoms with Crippen molar-refractivity contribution in [3.63, 3.8) is 0 Å². The third-order valence-corrected chi connectivity index (χ3v) is 3.99. The molecule has 2 aliphatic carbocycles. The second-order valence-electron chi connectivity index (χ2n) is 5.59. The molecule has 0 amide bonds. The van der Waals surface area contributed by atoms with Crippen LogP contribution in [0.5, 0.6) is 0 Å². The third kappa shape index (κ3) is 5.23. The molecule has 126 valence electrons. The van der Waals surface area contributed by atoms with Gasteiger partial charge in [-0.05, 0) is 36.5 Å². The molecule has 0 spiro atoms. The molecular weight excluding hydrogens is 304 g/mol. The van der Waals surface area contributed by atoms with Gasteiger partial charge in [0.2, 0.25) is 0 Å². The van der Waals surface area contributed by atoms with Gasteiger partial charge in [0.05, 0.1) is 6.61 Å². The molecule has 0 N–H and O–H groups in total. The molecule has 2 aliphatic rings. The molecule has 0 unspecified atom stereocenters. The Bertz CT molecular complexity index is 659. The van der Waals surface area contributed by atoms with Gasteiger partial charge in [0.1, 0.15) is 5.76 Å². The molecule has 2 rings (SSSR count). The molecule has 0 fully saturated rings. The van der Waals surface area contributed by atoms with Crippen LogP contribution in [0.4, 0.5) is 0 Å². The predicted molar refractivity (Wildman–Crippen MR) is 92.9 cm³/mol. The molecule has 0 aliphatic heterocycles. The monoisotopic (exact) mass is 326 g/mol. The zero-order chi connectivity index (χ0) is 17.4. The van der Waals surface area contributed by atoms with Gasteiger partial charge in [-0.3, -0.25) is 0 Å². The average molecular weight is 326 g/mol. The molecule has 0 aromatic rings. The summed E-state index contributed by atoms with van der Waals surface area (Å²) in [6.07, 6.45) is 14.7. The van der Waals surface area contributed by atoms with Crippen molar-refractivity contribution in [2.24, 2.45) is 0 Å². The van der Waals surface area contributed by atoms with E-state index in [9.17, 15) is 9.59 Å². The lowest BCUT2D eigenvalue weighted by Gasteiger charge is -2.20. The van der Waals surface area contributed by atoms with Crippen LogP contribution in [0.1, 0.15) is 32.1 Å². The molecule has 0 bridgehead atoms. The maximum absolute atomic E-state index is 11.2. The number of allylic oxidation sites excluding steroid dienone is 7. The number of carbonyl (C=O) groups is 2. The van der Waals surface area contributed by atoms with Crippen molar-refractivity contribution in [1.29, 1.82) is 0 Å². The first kappa shape index (κ1) is 17.7. The first-order chi connectivity index (χ1) is 11.6. The largest absolute Gasteiger partial charge is 0.462 e. The Morgan fingerprint density at radius 1 is 0.917 bits per heavy atom. The molecule has 0 saturated carbocycles. The Morgan fingerprint density at radius 2 is 1.58 bits per heavy atom. The molecule has 0 aromatic heterocycles. The maximum atomic E-state index is 11.2. The SMILES string of the molecule is C=CC(=O)OCCC1=CC=C(C2=CC=C(OC(=O)C=C)CC2)CC1. The second kappa shape index (κ2) is 8.87. The van der Waals surface area contributed by atoms with Crippen molar-refractivity contribution < 1.29 is 19.1 Å². The van der Waals surface area contributed by atoms with Gasteiger partial charge in [-0.1, -0.05) is 37.0 Å². The van der Waals surface area contributed by atoms with Gasteiger partial charge >= 0.3 is 11.9 Å². The number of hydrogen-bond donors (Lipinski definition) is 0. The topological polar surface area (TPSA) is 52.6 Å². The van der Waals surface area contributed by atoms with E-state index in [1.807, 2.05) is 12.2 Å². The highest BCUT2D eigenvalue weighted by Gasteiger charge is 2.15. The van der Waals surface area contributed by atoms with E-state index in [2.05, 4.69) is 25.3 Å². The van der Waals surface area contributed by atoms with Crippen LogP contribution in [0, 0.1) is 0 Å². The van der Waals surface area contributed by atoms with Crippen molar-refractivity contribution in [3.8, 4) is 0 Å². The molecule has 24 heavy (non-hydrogen) atoms. The van der Waals surface area contributed by atoms with Crippen molar-refractivity contribution in [2.45, 2.75) is 32.1 Å². The quantitative estimate of drug-likeness (QED) is 0.522. The van der Waals surface area contributed by atoms with Crippen LogP contribution >= 0.6 is 0 Å². The molecule has 0 atom stereocenters. The van der Waals surface area contributed by atoms with Gasteiger partial charge in [0.25, 0.3) is 0 Å². The summed E-state index contributed by atoms with van der Waals surface area (Å²) in [5.41, 5.74) is 3.87. The third-order valence-electron chi connectivity index (χ3n) is 3.99. The van der Waals surface area contributed by atoms with Crippen LogP contribution in [-0.2, 0) is 19.1 Å². The van der Waals surface area contributed by atoms with Gasteiger partial charge in [0, 0.05) is 25.0 Å². The molecule has 0 saturated heterocycles. The van der Waals surface area contributed by atoms with Gasteiger partial charge in [0.15, 0.2) is 0 Å². The van der Waals surface area contributed by atoms with Crippen molar-refractivity contribution in [3.05, 3.63) is 72.1 Å². The Balaban J connectivity index is 1.90. The highest BCUT2D eigenvalue weighted by Crippen LogP contribution is 2.31. The minimum absolute atomic E-state index is 0.380. The smallest absolute Gasteiger partial charge is 0.335 e. The molecule has 4 nitrogen and oxygen atoms in total. The van der Waals surface area contributed by atoms with E-state index in [1.54, 1.807) is 0 Å². The first-order valence-electron chi connectivity index (χ1n) is 8.04. The summed E-state index contributed by atoms with van der Waals surface area (Å²) in [6.45, 7) is 7.16. The van der Waals surface area contributed by atoms with Crippen molar-refractivity contribution >= 4 is 11.9 Å². The Labute approximate surface area is 142 Å². The standard InChI is InChI=1S/C20H22O4/c1-3-19(21)23-14-13-15-5-7-16(8-6-15)17-9-11-18(12-10-17)24-20(22)4-2/h3-5,7,9,11H,1-2,6,8,10,12-14H2. The number of esters is 2. The summed E-state index contributed by atoms with van der Waals surface area (Å²) >= 11 is 0. The maximum Gasteiger partial charge on any atom is 0.335 e. The fourth-order valence-electron chi connectivity index (χ4n) is 2.64. The van der Waals surface area contributed by atoms with E-state index in [4.69, 9.17) is 9.47 Å². The lowest BCUT2D eigenvalue weighted by molar-refractivity contribution is -0.137. The predicted octanol–water partition coefficient (Wildman–Crippen LogP) is 4.09. The van der Waals surface area contributed by atoms with E-state index >= 15 is 0 Å². The summed E-state index contributed by atoms with van der Waals surface area (Å²) in [7, 11) is 0. The first-order valence-corrected chi connectivity index (χ1v) is 8.04. The number of rotatable bonds is 7. The van der Waals surface area contributed by atoms with Crippen LogP contribution in [0.2, 0.25) is 0 Å². The minimum atomic E-state index is -0.417. The van der Waals surface area contributed by atoms with Gasteiger partial charge < -0.3 is 9.47 Å². The molecule has 0 aromatic carbocycles.